The van der Waals surface area contributed by atoms with Crippen LogP contribution in [0.5, 0.6) is 17.2 Å². The summed E-state index contributed by atoms with van der Waals surface area (Å²) in [6, 6.07) is 23.6. The normalized spacial score (nSPS) is 10.2. The van der Waals surface area contributed by atoms with E-state index >= 15 is 0 Å². The maximum atomic E-state index is 5.91. The summed E-state index contributed by atoms with van der Waals surface area (Å²) in [5.74, 6) is 2.24. The molecule has 0 spiro atoms. The number of nitrogens with one attached hydrogen (secondary N) is 2. The van der Waals surface area contributed by atoms with Crippen LogP contribution in [0, 0.1) is 0 Å². The second-order valence-electron chi connectivity index (χ2n) is 6.52. The molecule has 5 nitrogen and oxygen atoms in total. The Morgan fingerprint density at radius 3 is 2.33 bits per heavy atom. The summed E-state index contributed by atoms with van der Waals surface area (Å²) in [5.41, 5.74) is 3.05. The van der Waals surface area contributed by atoms with Crippen molar-refractivity contribution in [1.29, 1.82) is 0 Å². The van der Waals surface area contributed by atoms with E-state index in [0.29, 0.717) is 36.4 Å². The van der Waals surface area contributed by atoms with Crippen molar-refractivity contribution in [3.05, 3.63) is 83.9 Å². The van der Waals surface area contributed by atoms with Crippen LogP contribution in [0.2, 0.25) is 0 Å². The summed E-state index contributed by atoms with van der Waals surface area (Å²) in [6.07, 6.45) is 0. The smallest absolute Gasteiger partial charge is 0.171 e. The van der Waals surface area contributed by atoms with Gasteiger partial charge in [0.25, 0.3) is 0 Å². The molecule has 0 radical (unpaired) electrons. The highest BCUT2D eigenvalue weighted by molar-refractivity contribution is 7.80. The van der Waals surface area contributed by atoms with E-state index in [1.54, 1.807) is 7.11 Å². The molecule has 0 saturated carbocycles. The summed E-state index contributed by atoms with van der Waals surface area (Å²) in [7, 11) is 1.64. The third kappa shape index (κ3) is 6.39. The SMILES string of the molecule is CCOc1ccc(NC(=S)NCc2ccc(OCc3ccccc3)c(OC)c2)cc1. The van der Waals surface area contributed by atoms with Crippen LogP contribution >= 0.6 is 12.2 Å². The number of anilines is 1. The molecule has 0 aliphatic carbocycles. The summed E-state index contributed by atoms with van der Waals surface area (Å²) in [4.78, 5) is 0. The molecule has 156 valence electrons. The zero-order chi connectivity index (χ0) is 21.2. The van der Waals surface area contributed by atoms with Gasteiger partial charge in [-0.3, -0.25) is 0 Å². The highest BCUT2D eigenvalue weighted by Gasteiger charge is 2.07. The minimum absolute atomic E-state index is 0.491. The summed E-state index contributed by atoms with van der Waals surface area (Å²) in [6.45, 7) is 3.66. The van der Waals surface area contributed by atoms with Crippen LogP contribution < -0.4 is 24.8 Å². The van der Waals surface area contributed by atoms with Crippen molar-refractivity contribution in [2.24, 2.45) is 0 Å². The van der Waals surface area contributed by atoms with Gasteiger partial charge in [0.05, 0.1) is 13.7 Å². The minimum atomic E-state index is 0.491. The predicted molar refractivity (Wildman–Crippen MR) is 124 cm³/mol. The summed E-state index contributed by atoms with van der Waals surface area (Å²) < 4.78 is 16.8. The Kier molecular flexibility index (Phi) is 7.92. The van der Waals surface area contributed by atoms with Crippen LogP contribution in [0.4, 0.5) is 5.69 Å². The van der Waals surface area contributed by atoms with E-state index in [2.05, 4.69) is 10.6 Å². The molecule has 6 heteroatoms. The molecule has 0 fully saturated rings. The van der Waals surface area contributed by atoms with Gasteiger partial charge in [-0.25, -0.2) is 0 Å². The maximum absolute atomic E-state index is 5.91. The van der Waals surface area contributed by atoms with Gasteiger partial charge >= 0.3 is 0 Å². The number of benzene rings is 3. The fourth-order valence-corrected chi connectivity index (χ4v) is 3.03. The Balaban J connectivity index is 1.52. The van der Waals surface area contributed by atoms with E-state index in [4.69, 9.17) is 26.4 Å². The number of hydrogen-bond donors (Lipinski definition) is 2. The van der Waals surface area contributed by atoms with E-state index in [-0.39, 0.29) is 0 Å². The van der Waals surface area contributed by atoms with Gasteiger partial charge in [-0.05, 0) is 66.7 Å². The van der Waals surface area contributed by atoms with Crippen molar-refractivity contribution < 1.29 is 14.2 Å². The molecule has 30 heavy (non-hydrogen) atoms. The summed E-state index contributed by atoms with van der Waals surface area (Å²) in [5, 5.41) is 6.92. The lowest BCUT2D eigenvalue weighted by atomic mass is 10.2. The van der Waals surface area contributed by atoms with Gasteiger partial charge in [-0.1, -0.05) is 36.4 Å². The van der Waals surface area contributed by atoms with Crippen LogP contribution in [-0.4, -0.2) is 18.8 Å². The monoisotopic (exact) mass is 422 g/mol. The minimum Gasteiger partial charge on any atom is -0.494 e. The average molecular weight is 423 g/mol. The molecule has 0 saturated heterocycles. The van der Waals surface area contributed by atoms with Crippen LogP contribution in [0.15, 0.2) is 72.8 Å². The zero-order valence-electron chi connectivity index (χ0n) is 17.2. The van der Waals surface area contributed by atoms with E-state index in [1.165, 1.54) is 0 Å². The standard InChI is InChI=1S/C24H26N2O3S/c1-3-28-21-12-10-20(11-13-21)26-24(30)25-16-19-9-14-22(23(15-19)27-2)29-17-18-7-5-4-6-8-18/h4-15H,3,16-17H2,1-2H3,(H2,25,26,30). The molecule has 0 aliphatic rings. The van der Waals surface area contributed by atoms with Gasteiger partial charge in [0.15, 0.2) is 16.6 Å². The van der Waals surface area contributed by atoms with Gasteiger partial charge < -0.3 is 24.8 Å². The van der Waals surface area contributed by atoms with Gasteiger partial charge in [0.1, 0.15) is 12.4 Å². The third-order valence-electron chi connectivity index (χ3n) is 4.34. The lowest BCUT2D eigenvalue weighted by Gasteiger charge is -2.14. The predicted octanol–water partition coefficient (Wildman–Crippen LogP) is 5.16. The number of rotatable bonds is 9. The molecule has 2 N–H and O–H groups in total. The maximum Gasteiger partial charge on any atom is 0.171 e. The fourth-order valence-electron chi connectivity index (χ4n) is 2.84. The molecule has 0 amide bonds. The topological polar surface area (TPSA) is 51.8 Å². The lowest BCUT2D eigenvalue weighted by molar-refractivity contribution is 0.284. The second-order valence-corrected chi connectivity index (χ2v) is 6.93. The van der Waals surface area contributed by atoms with E-state index in [0.717, 1.165) is 22.6 Å². The second kappa shape index (κ2) is 11.1. The van der Waals surface area contributed by atoms with Crippen molar-refractivity contribution in [1.82, 2.24) is 5.32 Å². The van der Waals surface area contributed by atoms with E-state index < -0.39 is 0 Å². The van der Waals surface area contributed by atoms with Gasteiger partial charge in [-0.15, -0.1) is 0 Å². The van der Waals surface area contributed by atoms with E-state index in [1.807, 2.05) is 79.7 Å². The first-order valence-electron chi connectivity index (χ1n) is 9.79. The molecule has 0 unspecified atom stereocenters. The zero-order valence-corrected chi connectivity index (χ0v) is 18.0. The molecule has 3 rings (SSSR count). The molecular formula is C24H26N2O3S. The molecular weight excluding hydrogens is 396 g/mol. The molecule has 0 atom stereocenters. The van der Waals surface area contributed by atoms with Crippen molar-refractivity contribution in [3.63, 3.8) is 0 Å². The summed E-state index contributed by atoms with van der Waals surface area (Å²) >= 11 is 5.39. The Morgan fingerprint density at radius 2 is 1.63 bits per heavy atom. The van der Waals surface area contributed by atoms with Crippen LogP contribution in [0.3, 0.4) is 0 Å². The van der Waals surface area contributed by atoms with E-state index in [9.17, 15) is 0 Å². The van der Waals surface area contributed by atoms with Crippen molar-refractivity contribution in [2.45, 2.75) is 20.1 Å². The number of ether oxygens (including phenoxy) is 3. The average Bonchev–Trinajstić information content (AvgIpc) is 2.78. The van der Waals surface area contributed by atoms with Gasteiger partial charge in [0, 0.05) is 12.2 Å². The Hall–Kier alpha value is -3.25. The van der Waals surface area contributed by atoms with Gasteiger partial charge in [0.2, 0.25) is 0 Å². The van der Waals surface area contributed by atoms with Crippen molar-refractivity contribution in [3.8, 4) is 17.2 Å². The molecule has 0 heterocycles. The van der Waals surface area contributed by atoms with Crippen LogP contribution in [0.1, 0.15) is 18.1 Å². The molecule has 0 aliphatic heterocycles. The fraction of sp³-hybridized carbons (Fsp3) is 0.208. The van der Waals surface area contributed by atoms with Crippen LogP contribution in [0.25, 0.3) is 0 Å². The Bertz CT molecular complexity index is 946. The number of thiocarbonyl (C=S) groups is 1. The van der Waals surface area contributed by atoms with Crippen molar-refractivity contribution in [2.75, 3.05) is 19.0 Å². The first-order valence-corrected chi connectivity index (χ1v) is 10.2. The Morgan fingerprint density at radius 1 is 0.867 bits per heavy atom. The molecule has 3 aromatic rings. The molecule has 0 bridgehead atoms. The van der Waals surface area contributed by atoms with Crippen molar-refractivity contribution >= 4 is 23.0 Å². The largest absolute Gasteiger partial charge is 0.494 e. The first-order chi connectivity index (χ1) is 14.7. The van der Waals surface area contributed by atoms with Crippen LogP contribution in [-0.2, 0) is 13.2 Å². The quantitative estimate of drug-likeness (QED) is 0.465. The van der Waals surface area contributed by atoms with Gasteiger partial charge in [-0.2, -0.15) is 0 Å². The highest BCUT2D eigenvalue weighted by Crippen LogP contribution is 2.29. The third-order valence-corrected chi connectivity index (χ3v) is 4.59. The molecule has 3 aromatic carbocycles. The highest BCUT2D eigenvalue weighted by atomic mass is 32.1. The number of hydrogen-bond acceptors (Lipinski definition) is 4. The first kappa shape index (κ1) is 21.5. The molecule has 0 aromatic heterocycles. The number of methoxy groups -OCH3 is 1. The Labute approximate surface area is 183 Å². The lowest BCUT2D eigenvalue weighted by Crippen LogP contribution is -2.27.